The van der Waals surface area contributed by atoms with Gasteiger partial charge >= 0.3 is 6.16 Å². The van der Waals surface area contributed by atoms with E-state index in [2.05, 4.69) is 0 Å². The van der Waals surface area contributed by atoms with Crippen LogP contribution < -0.4 is 0 Å². The van der Waals surface area contributed by atoms with E-state index in [1.807, 2.05) is 13.8 Å². The van der Waals surface area contributed by atoms with Gasteiger partial charge in [0.15, 0.2) is 30.1 Å². The van der Waals surface area contributed by atoms with Crippen molar-refractivity contribution < 1.29 is 38.0 Å². The van der Waals surface area contributed by atoms with Gasteiger partial charge in [-0.3, -0.25) is 0 Å². The summed E-state index contributed by atoms with van der Waals surface area (Å²) in [6.07, 6.45) is -3.55. The van der Waals surface area contributed by atoms with Crippen LogP contribution >= 0.6 is 0 Å². The lowest BCUT2D eigenvalue weighted by Crippen LogP contribution is -2.45. The first-order valence-electron chi connectivity index (χ1n) is 7.87. The van der Waals surface area contributed by atoms with Crippen molar-refractivity contribution in [3.8, 4) is 0 Å². The van der Waals surface area contributed by atoms with E-state index in [9.17, 15) is 4.79 Å². The highest BCUT2D eigenvalue weighted by molar-refractivity contribution is 5.60. The average Bonchev–Trinajstić information content (AvgIpc) is 3.01. The van der Waals surface area contributed by atoms with Gasteiger partial charge in [-0.1, -0.05) is 0 Å². The lowest BCUT2D eigenvalue weighted by molar-refractivity contribution is -0.233. The summed E-state index contributed by atoms with van der Waals surface area (Å²) in [5, 5.41) is 0. The normalized spacial score (nSPS) is 40.8. The molecule has 0 radical (unpaired) electrons. The van der Waals surface area contributed by atoms with E-state index in [1.165, 1.54) is 0 Å². The summed E-state index contributed by atoms with van der Waals surface area (Å²) in [4.78, 5) is 11.8. The summed E-state index contributed by atoms with van der Waals surface area (Å²) in [5.41, 5.74) is 0. The van der Waals surface area contributed by atoms with Crippen LogP contribution in [0.4, 0.5) is 4.79 Å². The molecule has 0 spiro atoms. The Balaban J connectivity index is 1.75. The van der Waals surface area contributed by atoms with Gasteiger partial charge in [-0.15, -0.1) is 0 Å². The summed E-state index contributed by atoms with van der Waals surface area (Å²) in [6, 6.07) is 0. The highest BCUT2D eigenvalue weighted by atomic mass is 16.9. The van der Waals surface area contributed by atoms with E-state index in [-0.39, 0.29) is 12.7 Å². The molecule has 0 aromatic heterocycles. The molecule has 23 heavy (non-hydrogen) atoms. The lowest BCUT2D eigenvalue weighted by atomic mass is 10.1. The fourth-order valence-corrected chi connectivity index (χ4v) is 3.08. The Hall–Kier alpha value is -0.930. The van der Waals surface area contributed by atoms with Gasteiger partial charge in [0.25, 0.3) is 0 Å². The molecular weight excluding hydrogens is 308 g/mol. The number of carbonyl (C=O) groups excluding carboxylic acids is 1. The van der Waals surface area contributed by atoms with Crippen LogP contribution in [0, 0.1) is 0 Å². The molecule has 0 bridgehead atoms. The van der Waals surface area contributed by atoms with Crippen LogP contribution in [-0.4, -0.2) is 61.6 Å². The van der Waals surface area contributed by atoms with E-state index >= 15 is 0 Å². The quantitative estimate of drug-likeness (QED) is 0.720. The summed E-state index contributed by atoms with van der Waals surface area (Å²) in [5.74, 6) is -1.51. The smallest absolute Gasteiger partial charge is 0.435 e. The Morgan fingerprint density at radius 3 is 2.43 bits per heavy atom. The van der Waals surface area contributed by atoms with Gasteiger partial charge in [0.05, 0.1) is 13.2 Å². The van der Waals surface area contributed by atoms with Gasteiger partial charge in [-0.25, -0.2) is 4.79 Å². The zero-order chi connectivity index (χ0) is 16.8. The van der Waals surface area contributed by atoms with Crippen LogP contribution in [-0.2, 0) is 33.2 Å². The Morgan fingerprint density at radius 2 is 1.83 bits per heavy atom. The molecule has 0 saturated carbocycles. The van der Waals surface area contributed by atoms with Gasteiger partial charge in [-0.2, -0.15) is 0 Å². The highest BCUT2D eigenvalue weighted by Crippen LogP contribution is 2.42. The molecule has 0 aliphatic carbocycles. The first kappa shape index (κ1) is 16.9. The predicted octanol–water partition coefficient (Wildman–Crippen LogP) is 1.56. The summed E-state index contributed by atoms with van der Waals surface area (Å²) in [6.45, 7) is 9.47. The van der Waals surface area contributed by atoms with Gasteiger partial charge in [-0.05, 0) is 34.6 Å². The van der Waals surface area contributed by atoms with Gasteiger partial charge in [0.2, 0.25) is 0 Å². The minimum Gasteiger partial charge on any atom is -0.435 e. The number of hydrogen-bond donors (Lipinski definition) is 0. The largest absolute Gasteiger partial charge is 0.508 e. The molecule has 3 rings (SSSR count). The summed E-state index contributed by atoms with van der Waals surface area (Å²) in [7, 11) is 0. The van der Waals surface area contributed by atoms with E-state index in [1.54, 1.807) is 20.8 Å². The SMILES string of the molecule is CCOC(=O)O[C@@H]1[C@H]2OC(C)(C)O[C@H]2O[C@@H]1[C@H]1COC(C)(C)O1. The van der Waals surface area contributed by atoms with Crippen molar-refractivity contribution in [1.82, 2.24) is 0 Å². The molecule has 5 atom stereocenters. The van der Waals surface area contributed by atoms with Crippen LogP contribution in [0.2, 0.25) is 0 Å². The van der Waals surface area contributed by atoms with Crippen LogP contribution in [0.3, 0.4) is 0 Å². The Morgan fingerprint density at radius 1 is 1.09 bits per heavy atom. The first-order chi connectivity index (χ1) is 10.7. The molecule has 3 saturated heterocycles. The molecule has 132 valence electrons. The second-order valence-electron chi connectivity index (χ2n) is 6.70. The van der Waals surface area contributed by atoms with E-state index in [0.717, 1.165) is 0 Å². The molecule has 3 aliphatic heterocycles. The predicted molar refractivity (Wildman–Crippen MR) is 75.5 cm³/mol. The van der Waals surface area contributed by atoms with Crippen molar-refractivity contribution in [1.29, 1.82) is 0 Å². The first-order valence-corrected chi connectivity index (χ1v) is 7.87. The summed E-state index contributed by atoms with van der Waals surface area (Å²) < 4.78 is 39.1. The average molecular weight is 332 g/mol. The molecule has 0 N–H and O–H groups in total. The standard InChI is InChI=1S/C15H24O8/c1-6-17-13(16)20-10-9(8-7-18-14(2,3)21-8)19-12-11(10)22-15(4,5)23-12/h8-12H,6-7H2,1-5H3/t8-,9-,10+,11-,12-/m1/s1. The van der Waals surface area contributed by atoms with Crippen LogP contribution in [0.15, 0.2) is 0 Å². The van der Waals surface area contributed by atoms with Gasteiger partial charge in [0.1, 0.15) is 12.2 Å². The third kappa shape index (κ3) is 3.46. The topological polar surface area (TPSA) is 81.7 Å². The minimum absolute atomic E-state index is 0.226. The second-order valence-corrected chi connectivity index (χ2v) is 6.70. The maximum absolute atomic E-state index is 11.8. The van der Waals surface area contributed by atoms with Gasteiger partial charge < -0.3 is 33.2 Å². The van der Waals surface area contributed by atoms with E-state index in [4.69, 9.17) is 33.2 Å². The van der Waals surface area contributed by atoms with Crippen LogP contribution in [0.5, 0.6) is 0 Å². The fourth-order valence-electron chi connectivity index (χ4n) is 3.08. The number of ether oxygens (including phenoxy) is 7. The molecule has 3 aliphatic rings. The highest BCUT2D eigenvalue weighted by Gasteiger charge is 2.60. The molecule has 0 amide bonds. The number of rotatable bonds is 3. The van der Waals surface area contributed by atoms with E-state index < -0.39 is 42.3 Å². The maximum Gasteiger partial charge on any atom is 0.508 e. The summed E-state index contributed by atoms with van der Waals surface area (Å²) >= 11 is 0. The minimum atomic E-state index is -0.803. The zero-order valence-electron chi connectivity index (χ0n) is 14.1. The molecule has 0 aromatic rings. The Labute approximate surface area is 135 Å². The molecule has 8 heteroatoms. The van der Waals surface area contributed by atoms with Crippen molar-refractivity contribution in [2.45, 2.75) is 76.9 Å². The number of hydrogen-bond acceptors (Lipinski definition) is 8. The third-order valence-electron chi connectivity index (χ3n) is 3.92. The molecule has 8 nitrogen and oxygen atoms in total. The Kier molecular flexibility index (Phi) is 4.31. The Bertz CT molecular complexity index is 462. The monoisotopic (exact) mass is 332 g/mol. The number of fused-ring (bicyclic) bond motifs is 1. The van der Waals surface area contributed by atoms with Crippen molar-refractivity contribution in [3.63, 3.8) is 0 Å². The van der Waals surface area contributed by atoms with Crippen molar-refractivity contribution in [2.75, 3.05) is 13.2 Å². The molecular formula is C15H24O8. The van der Waals surface area contributed by atoms with Crippen LogP contribution in [0.25, 0.3) is 0 Å². The maximum atomic E-state index is 11.8. The van der Waals surface area contributed by atoms with E-state index in [0.29, 0.717) is 6.61 Å². The second kappa shape index (κ2) is 5.86. The molecule has 0 aromatic carbocycles. The van der Waals surface area contributed by atoms with Crippen LogP contribution in [0.1, 0.15) is 34.6 Å². The lowest BCUT2D eigenvalue weighted by Gasteiger charge is -2.28. The fraction of sp³-hybridized carbons (Fsp3) is 0.933. The zero-order valence-corrected chi connectivity index (χ0v) is 14.1. The van der Waals surface area contributed by atoms with Crippen molar-refractivity contribution in [2.24, 2.45) is 0 Å². The molecule has 3 fully saturated rings. The number of carbonyl (C=O) groups is 1. The van der Waals surface area contributed by atoms with Gasteiger partial charge in [0, 0.05) is 0 Å². The van der Waals surface area contributed by atoms with Crippen molar-refractivity contribution >= 4 is 6.16 Å². The third-order valence-corrected chi connectivity index (χ3v) is 3.92. The molecule has 0 unspecified atom stereocenters. The van der Waals surface area contributed by atoms with Crippen molar-refractivity contribution in [3.05, 3.63) is 0 Å². The molecule has 3 heterocycles.